The van der Waals surface area contributed by atoms with Gasteiger partial charge in [0.15, 0.2) is 0 Å². The Hall–Kier alpha value is -0.380. The highest BCUT2D eigenvalue weighted by atomic mass is 32.1. The molecular formula is C12H22N2S. The molecule has 2 N–H and O–H groups in total. The summed E-state index contributed by atoms with van der Waals surface area (Å²) in [4.78, 5) is 3.81. The number of nitrogens with zero attached hydrogens (tertiary/aromatic N) is 1. The molecule has 0 fully saturated rings. The second kappa shape index (κ2) is 6.26. The van der Waals surface area contributed by atoms with E-state index in [9.17, 15) is 0 Å². The van der Waals surface area contributed by atoms with Crippen LogP contribution in [0.1, 0.15) is 37.6 Å². The number of hydrogen-bond acceptors (Lipinski definition) is 3. The van der Waals surface area contributed by atoms with Crippen LogP contribution >= 0.6 is 11.3 Å². The Morgan fingerprint density at radius 2 is 2.27 bits per heavy atom. The molecule has 0 amide bonds. The van der Waals surface area contributed by atoms with Crippen LogP contribution in [-0.2, 0) is 0 Å². The van der Waals surface area contributed by atoms with Gasteiger partial charge in [0.2, 0.25) is 0 Å². The Balaban J connectivity index is 2.37. The van der Waals surface area contributed by atoms with Gasteiger partial charge in [0.1, 0.15) is 0 Å². The minimum absolute atomic E-state index is 0.350. The molecule has 0 aromatic carbocycles. The summed E-state index contributed by atoms with van der Waals surface area (Å²) in [6, 6.07) is 5.17. The van der Waals surface area contributed by atoms with Crippen LogP contribution < -0.4 is 5.73 Å². The van der Waals surface area contributed by atoms with Gasteiger partial charge in [-0.25, -0.2) is 0 Å². The SMILES string of the molecule is CCC(N)CCN(C)C(C)c1cccs1. The standard InChI is InChI=1S/C12H22N2S/c1-4-11(13)7-8-14(3)10(2)12-6-5-9-15-12/h5-6,9-11H,4,7-8,13H2,1-3H3. The van der Waals surface area contributed by atoms with E-state index in [0.717, 1.165) is 19.4 Å². The molecule has 2 atom stereocenters. The maximum Gasteiger partial charge on any atom is 0.0410 e. The van der Waals surface area contributed by atoms with E-state index in [1.54, 1.807) is 0 Å². The van der Waals surface area contributed by atoms with Gasteiger partial charge in [0.25, 0.3) is 0 Å². The molecule has 86 valence electrons. The first kappa shape index (κ1) is 12.7. The topological polar surface area (TPSA) is 29.3 Å². The Morgan fingerprint density at radius 1 is 1.53 bits per heavy atom. The fraction of sp³-hybridized carbons (Fsp3) is 0.667. The Bertz CT molecular complexity index is 259. The molecule has 1 heterocycles. The molecule has 0 aliphatic carbocycles. The van der Waals surface area contributed by atoms with Crippen LogP contribution in [0, 0.1) is 0 Å². The lowest BCUT2D eigenvalue weighted by Gasteiger charge is -2.24. The summed E-state index contributed by atoms with van der Waals surface area (Å²) in [5.41, 5.74) is 5.92. The van der Waals surface area contributed by atoms with Gasteiger partial charge in [-0.3, -0.25) is 4.90 Å². The van der Waals surface area contributed by atoms with E-state index < -0.39 is 0 Å². The van der Waals surface area contributed by atoms with Crippen LogP contribution in [0.3, 0.4) is 0 Å². The molecule has 0 aliphatic rings. The maximum absolute atomic E-state index is 5.92. The first-order valence-corrected chi connectivity index (χ1v) is 6.52. The Morgan fingerprint density at radius 3 is 2.80 bits per heavy atom. The van der Waals surface area contributed by atoms with Crippen molar-refractivity contribution in [1.82, 2.24) is 4.90 Å². The summed E-state index contributed by atoms with van der Waals surface area (Å²) in [5.74, 6) is 0. The molecular weight excluding hydrogens is 204 g/mol. The second-order valence-corrected chi connectivity index (χ2v) is 5.11. The van der Waals surface area contributed by atoms with Gasteiger partial charge in [0, 0.05) is 17.0 Å². The Labute approximate surface area is 97.1 Å². The van der Waals surface area contributed by atoms with Gasteiger partial charge in [0.05, 0.1) is 0 Å². The fourth-order valence-corrected chi connectivity index (χ4v) is 2.36. The number of hydrogen-bond donors (Lipinski definition) is 1. The summed E-state index contributed by atoms with van der Waals surface area (Å²) in [6.45, 7) is 5.48. The number of thiophene rings is 1. The highest BCUT2D eigenvalue weighted by molar-refractivity contribution is 7.10. The average Bonchev–Trinajstić information content (AvgIpc) is 2.77. The lowest BCUT2D eigenvalue weighted by molar-refractivity contribution is 0.253. The minimum atomic E-state index is 0.350. The summed E-state index contributed by atoms with van der Waals surface area (Å²) in [6.07, 6.45) is 2.16. The van der Waals surface area contributed by atoms with Crippen LogP contribution in [0.5, 0.6) is 0 Å². The van der Waals surface area contributed by atoms with Gasteiger partial charge in [-0.15, -0.1) is 11.3 Å². The van der Waals surface area contributed by atoms with Gasteiger partial charge in [-0.2, -0.15) is 0 Å². The Kier molecular flexibility index (Phi) is 5.29. The zero-order chi connectivity index (χ0) is 11.3. The summed E-state index contributed by atoms with van der Waals surface area (Å²) >= 11 is 1.83. The maximum atomic E-state index is 5.92. The molecule has 0 saturated heterocycles. The first-order chi connectivity index (χ1) is 7.15. The molecule has 0 aliphatic heterocycles. The van der Waals surface area contributed by atoms with Gasteiger partial charge < -0.3 is 5.73 Å². The van der Waals surface area contributed by atoms with Crippen molar-refractivity contribution in [2.75, 3.05) is 13.6 Å². The molecule has 0 spiro atoms. The average molecular weight is 226 g/mol. The molecule has 0 radical (unpaired) electrons. The van der Waals surface area contributed by atoms with Crippen molar-refractivity contribution in [2.24, 2.45) is 5.73 Å². The van der Waals surface area contributed by atoms with E-state index in [1.807, 2.05) is 11.3 Å². The van der Waals surface area contributed by atoms with Crippen molar-refractivity contribution in [2.45, 2.75) is 38.8 Å². The van der Waals surface area contributed by atoms with Gasteiger partial charge in [-0.05, 0) is 44.8 Å². The molecule has 0 saturated carbocycles. The molecule has 1 aromatic heterocycles. The smallest absolute Gasteiger partial charge is 0.0410 e. The molecule has 1 rings (SSSR count). The lowest BCUT2D eigenvalue weighted by atomic mass is 10.1. The van der Waals surface area contributed by atoms with Gasteiger partial charge >= 0.3 is 0 Å². The third kappa shape index (κ3) is 3.93. The van der Waals surface area contributed by atoms with E-state index in [2.05, 4.69) is 43.3 Å². The van der Waals surface area contributed by atoms with Crippen molar-refractivity contribution < 1.29 is 0 Å². The van der Waals surface area contributed by atoms with Crippen LogP contribution in [-0.4, -0.2) is 24.5 Å². The summed E-state index contributed by atoms with van der Waals surface area (Å²) < 4.78 is 0. The van der Waals surface area contributed by atoms with E-state index in [1.165, 1.54) is 4.88 Å². The molecule has 2 unspecified atom stereocenters. The normalized spacial score (nSPS) is 15.5. The number of rotatable bonds is 6. The predicted molar refractivity (Wildman–Crippen MR) is 68.2 cm³/mol. The van der Waals surface area contributed by atoms with Crippen molar-refractivity contribution in [3.05, 3.63) is 22.4 Å². The highest BCUT2D eigenvalue weighted by Gasteiger charge is 2.12. The van der Waals surface area contributed by atoms with Crippen LogP contribution in [0.2, 0.25) is 0 Å². The van der Waals surface area contributed by atoms with Crippen molar-refractivity contribution in [1.29, 1.82) is 0 Å². The van der Waals surface area contributed by atoms with E-state index >= 15 is 0 Å². The first-order valence-electron chi connectivity index (χ1n) is 5.64. The summed E-state index contributed by atoms with van der Waals surface area (Å²) in [7, 11) is 2.17. The fourth-order valence-electron chi connectivity index (χ4n) is 1.51. The van der Waals surface area contributed by atoms with Crippen molar-refractivity contribution in [3.63, 3.8) is 0 Å². The molecule has 2 nitrogen and oxygen atoms in total. The second-order valence-electron chi connectivity index (χ2n) is 4.13. The van der Waals surface area contributed by atoms with Gasteiger partial charge in [-0.1, -0.05) is 13.0 Å². The third-order valence-electron chi connectivity index (χ3n) is 2.99. The van der Waals surface area contributed by atoms with E-state index in [4.69, 9.17) is 5.73 Å². The molecule has 15 heavy (non-hydrogen) atoms. The lowest BCUT2D eigenvalue weighted by Crippen LogP contribution is -2.29. The predicted octanol–water partition coefficient (Wildman–Crippen LogP) is 2.87. The zero-order valence-corrected chi connectivity index (χ0v) is 10.8. The van der Waals surface area contributed by atoms with Crippen LogP contribution in [0.4, 0.5) is 0 Å². The highest BCUT2D eigenvalue weighted by Crippen LogP contribution is 2.23. The zero-order valence-electron chi connectivity index (χ0n) is 9.94. The molecule has 0 bridgehead atoms. The summed E-state index contributed by atoms with van der Waals surface area (Å²) in [5, 5.41) is 2.14. The monoisotopic (exact) mass is 226 g/mol. The molecule has 1 aromatic rings. The third-order valence-corrected chi connectivity index (χ3v) is 4.04. The van der Waals surface area contributed by atoms with Crippen molar-refractivity contribution in [3.8, 4) is 0 Å². The molecule has 3 heteroatoms. The number of nitrogens with two attached hydrogens (primary N) is 1. The largest absolute Gasteiger partial charge is 0.328 e. The van der Waals surface area contributed by atoms with E-state index in [0.29, 0.717) is 12.1 Å². The van der Waals surface area contributed by atoms with Crippen molar-refractivity contribution >= 4 is 11.3 Å². The van der Waals surface area contributed by atoms with Crippen LogP contribution in [0.25, 0.3) is 0 Å². The van der Waals surface area contributed by atoms with E-state index in [-0.39, 0.29) is 0 Å². The minimum Gasteiger partial charge on any atom is -0.328 e. The quantitative estimate of drug-likeness (QED) is 0.808. The van der Waals surface area contributed by atoms with Crippen LogP contribution in [0.15, 0.2) is 17.5 Å².